The van der Waals surface area contributed by atoms with Gasteiger partial charge >= 0.3 is 6.09 Å². The van der Waals surface area contributed by atoms with Crippen LogP contribution in [-0.4, -0.2) is 77.9 Å². The number of nitrogens with zero attached hydrogens (tertiary/aromatic N) is 5. The summed E-state index contributed by atoms with van der Waals surface area (Å²) in [5.74, 6) is 3.40. The molecule has 2 amide bonds. The molecule has 0 aromatic carbocycles. The SMILES string of the molecule is COc1ccc(C2CCC(CN(C(=O)C3CCC(OC(=O)N4CCOCC4)CC3)c3cc(-c4coc(C5CC5)n4)ccn3)CC2)nc1C. The summed E-state index contributed by atoms with van der Waals surface area (Å²) in [4.78, 5) is 45.0. The van der Waals surface area contributed by atoms with Gasteiger partial charge in [0.1, 0.15) is 29.6 Å². The third-order valence-electron chi connectivity index (χ3n) is 10.6. The van der Waals surface area contributed by atoms with Crippen molar-refractivity contribution >= 4 is 17.8 Å². The van der Waals surface area contributed by atoms with Crippen molar-refractivity contribution in [3.63, 3.8) is 0 Å². The first kappa shape index (κ1) is 32.6. The number of hydrogen-bond donors (Lipinski definition) is 0. The van der Waals surface area contributed by atoms with Crippen LogP contribution in [0.1, 0.15) is 93.3 Å². The molecule has 0 radical (unpaired) electrons. The van der Waals surface area contributed by atoms with Crippen LogP contribution in [-0.2, 0) is 14.3 Å². The van der Waals surface area contributed by atoms with Gasteiger partial charge in [0.2, 0.25) is 5.91 Å². The van der Waals surface area contributed by atoms with Crippen LogP contribution < -0.4 is 9.64 Å². The van der Waals surface area contributed by atoms with Gasteiger partial charge in [-0.05, 0) is 101 Å². The highest BCUT2D eigenvalue weighted by molar-refractivity contribution is 5.94. The van der Waals surface area contributed by atoms with Gasteiger partial charge in [0.25, 0.3) is 0 Å². The number of rotatable bonds is 9. The first-order valence-corrected chi connectivity index (χ1v) is 17.7. The zero-order chi connectivity index (χ0) is 33.0. The number of amides is 2. The Balaban J connectivity index is 1.04. The molecule has 3 aromatic rings. The molecule has 3 aromatic heterocycles. The maximum Gasteiger partial charge on any atom is 0.410 e. The van der Waals surface area contributed by atoms with Crippen LogP contribution in [0.3, 0.4) is 0 Å². The van der Waals surface area contributed by atoms with Crippen LogP contribution in [0.25, 0.3) is 11.3 Å². The highest BCUT2D eigenvalue weighted by Gasteiger charge is 2.35. The van der Waals surface area contributed by atoms with Crippen LogP contribution in [0.2, 0.25) is 0 Å². The van der Waals surface area contributed by atoms with Crippen molar-refractivity contribution in [2.45, 2.75) is 89.1 Å². The van der Waals surface area contributed by atoms with Crippen molar-refractivity contribution in [1.82, 2.24) is 19.9 Å². The van der Waals surface area contributed by atoms with E-state index in [1.807, 2.05) is 30.0 Å². The number of hydrogen-bond acceptors (Lipinski definition) is 9. The number of oxazole rings is 1. The number of morpholine rings is 1. The van der Waals surface area contributed by atoms with Crippen LogP contribution in [0.4, 0.5) is 10.6 Å². The van der Waals surface area contributed by atoms with Crippen molar-refractivity contribution in [3.8, 4) is 17.0 Å². The third-order valence-corrected chi connectivity index (χ3v) is 10.6. The Bertz CT molecular complexity index is 1570. The zero-order valence-electron chi connectivity index (χ0n) is 28.1. The molecule has 0 bridgehead atoms. The number of aryl methyl sites for hydroxylation is 1. The highest BCUT2D eigenvalue weighted by Crippen LogP contribution is 2.41. The average molecular weight is 658 g/mol. The summed E-state index contributed by atoms with van der Waals surface area (Å²) < 4.78 is 22.4. The lowest BCUT2D eigenvalue weighted by molar-refractivity contribution is -0.124. The molecular weight excluding hydrogens is 610 g/mol. The quantitative estimate of drug-likeness (QED) is 0.249. The van der Waals surface area contributed by atoms with Gasteiger partial charge in [-0.25, -0.2) is 14.8 Å². The van der Waals surface area contributed by atoms with E-state index in [4.69, 9.17) is 33.6 Å². The number of ether oxygens (including phenoxy) is 3. The van der Waals surface area contributed by atoms with E-state index >= 15 is 0 Å². The predicted molar refractivity (Wildman–Crippen MR) is 179 cm³/mol. The smallest absolute Gasteiger partial charge is 0.410 e. The molecule has 256 valence electrons. The van der Waals surface area contributed by atoms with Gasteiger partial charge in [0.15, 0.2) is 5.89 Å². The summed E-state index contributed by atoms with van der Waals surface area (Å²) in [6.45, 7) is 4.81. The van der Waals surface area contributed by atoms with E-state index in [0.717, 1.165) is 72.8 Å². The lowest BCUT2D eigenvalue weighted by atomic mass is 9.79. The van der Waals surface area contributed by atoms with E-state index in [1.54, 1.807) is 24.5 Å². The van der Waals surface area contributed by atoms with E-state index < -0.39 is 0 Å². The second kappa shape index (κ2) is 14.6. The van der Waals surface area contributed by atoms with E-state index in [9.17, 15) is 9.59 Å². The largest absolute Gasteiger partial charge is 0.495 e. The molecule has 48 heavy (non-hydrogen) atoms. The first-order chi connectivity index (χ1) is 23.4. The molecule has 11 heteroatoms. The summed E-state index contributed by atoms with van der Waals surface area (Å²) in [6.07, 6.45) is 12.1. The Morgan fingerprint density at radius 1 is 0.938 bits per heavy atom. The Labute approximate surface area is 282 Å². The highest BCUT2D eigenvalue weighted by atomic mass is 16.6. The summed E-state index contributed by atoms with van der Waals surface area (Å²) in [5, 5.41) is 0. The maximum atomic E-state index is 14.4. The van der Waals surface area contributed by atoms with Gasteiger partial charge in [-0.3, -0.25) is 14.7 Å². The maximum absolute atomic E-state index is 14.4. The number of methoxy groups -OCH3 is 1. The number of carbonyl (C=O) groups excluding carboxylic acids is 2. The van der Waals surface area contributed by atoms with E-state index in [-0.39, 0.29) is 24.0 Å². The number of carbonyl (C=O) groups is 2. The van der Waals surface area contributed by atoms with Gasteiger partial charge in [-0.15, -0.1) is 0 Å². The minimum Gasteiger partial charge on any atom is -0.495 e. The summed E-state index contributed by atoms with van der Waals surface area (Å²) in [7, 11) is 1.68. The lowest BCUT2D eigenvalue weighted by Gasteiger charge is -2.36. The Kier molecular flexibility index (Phi) is 9.93. The van der Waals surface area contributed by atoms with Crippen LogP contribution >= 0.6 is 0 Å². The second-order valence-corrected chi connectivity index (χ2v) is 13.9. The fraction of sp³-hybridized carbons (Fsp3) is 0.595. The molecular formula is C37H47N5O6. The standard InChI is InChI=1S/C37H47N5O6/c1-24-33(45-2)14-13-31(39-24)26-5-3-25(4-6-26)22-42(34-21-29(15-16-38-34)32-23-47-35(40-32)27-7-8-27)36(43)28-9-11-30(12-10-28)48-37(44)41-17-19-46-20-18-41/h13-16,21,23,25-28,30H,3-12,17-20,22H2,1-2H3. The van der Waals surface area contributed by atoms with E-state index in [1.165, 1.54) is 0 Å². The summed E-state index contributed by atoms with van der Waals surface area (Å²) in [6, 6.07) is 8.03. The topological polar surface area (TPSA) is 120 Å². The van der Waals surface area contributed by atoms with Crippen LogP contribution in [0.5, 0.6) is 5.75 Å². The zero-order valence-corrected chi connectivity index (χ0v) is 28.1. The third kappa shape index (κ3) is 7.51. The van der Waals surface area contributed by atoms with Crippen LogP contribution in [0.15, 0.2) is 41.1 Å². The predicted octanol–water partition coefficient (Wildman–Crippen LogP) is 6.66. The number of pyridine rings is 2. The van der Waals surface area contributed by atoms with Gasteiger partial charge < -0.3 is 23.5 Å². The Morgan fingerprint density at radius 3 is 2.40 bits per heavy atom. The molecule has 3 saturated carbocycles. The minimum absolute atomic E-state index is 0.103. The molecule has 11 nitrogen and oxygen atoms in total. The molecule has 0 spiro atoms. The minimum atomic E-state index is -0.274. The normalized spacial score (nSPS) is 24.6. The van der Waals surface area contributed by atoms with E-state index in [0.29, 0.717) is 82.1 Å². The molecule has 0 unspecified atom stereocenters. The monoisotopic (exact) mass is 657 g/mol. The molecule has 3 aliphatic carbocycles. The van der Waals surface area contributed by atoms with Crippen molar-refractivity contribution in [3.05, 3.63) is 54.0 Å². The molecule has 1 aliphatic heterocycles. The Hall–Kier alpha value is -3.99. The van der Waals surface area contributed by atoms with Crippen molar-refractivity contribution in [2.24, 2.45) is 11.8 Å². The van der Waals surface area contributed by atoms with Crippen LogP contribution in [0, 0.1) is 18.8 Å². The molecule has 4 fully saturated rings. The number of anilines is 1. The second-order valence-electron chi connectivity index (χ2n) is 13.9. The Morgan fingerprint density at radius 2 is 1.69 bits per heavy atom. The van der Waals surface area contributed by atoms with Gasteiger partial charge in [0.05, 0.1) is 26.0 Å². The molecule has 0 N–H and O–H groups in total. The van der Waals surface area contributed by atoms with Gasteiger partial charge in [0, 0.05) is 54.8 Å². The molecule has 0 atom stereocenters. The molecule has 1 saturated heterocycles. The molecule has 4 aliphatic rings. The lowest BCUT2D eigenvalue weighted by Crippen LogP contribution is -2.44. The summed E-state index contributed by atoms with van der Waals surface area (Å²) in [5.41, 5.74) is 3.72. The molecule has 4 heterocycles. The number of aromatic nitrogens is 3. The van der Waals surface area contributed by atoms with Gasteiger partial charge in [-0.2, -0.15) is 0 Å². The molecule has 7 rings (SSSR count). The van der Waals surface area contributed by atoms with Crippen molar-refractivity contribution in [1.29, 1.82) is 0 Å². The summed E-state index contributed by atoms with van der Waals surface area (Å²) >= 11 is 0. The van der Waals surface area contributed by atoms with Gasteiger partial charge in [-0.1, -0.05) is 0 Å². The van der Waals surface area contributed by atoms with Crippen molar-refractivity contribution < 1.29 is 28.2 Å². The average Bonchev–Trinajstić information content (AvgIpc) is 3.87. The van der Waals surface area contributed by atoms with E-state index in [2.05, 4.69) is 6.07 Å². The fourth-order valence-corrected chi connectivity index (χ4v) is 7.48. The van der Waals surface area contributed by atoms with Crippen molar-refractivity contribution in [2.75, 3.05) is 44.9 Å². The fourth-order valence-electron chi connectivity index (χ4n) is 7.48. The first-order valence-electron chi connectivity index (χ1n) is 17.7.